The van der Waals surface area contributed by atoms with Crippen LogP contribution in [-0.2, 0) is 14.1 Å². The number of aromatic nitrogens is 2. The molecule has 0 fully saturated rings. The first kappa shape index (κ1) is 15.7. The molecule has 2 amide bonds. The monoisotopic (exact) mass is 332 g/mol. The van der Waals surface area contributed by atoms with E-state index in [0.717, 1.165) is 4.57 Å². The molecule has 9 nitrogen and oxygen atoms in total. The molecule has 3 N–H and O–H groups in total. The summed E-state index contributed by atoms with van der Waals surface area (Å²) in [5.41, 5.74) is -0.288. The molecule has 0 aliphatic carbocycles. The molecule has 0 spiro atoms. The minimum Gasteiger partial charge on any atom is -0.504 e. The van der Waals surface area contributed by atoms with E-state index in [9.17, 15) is 19.5 Å². The number of hydrogen-bond acceptors (Lipinski definition) is 5. The highest BCUT2D eigenvalue weighted by Gasteiger charge is 2.32. The normalized spacial score (nSPS) is 16.1. The summed E-state index contributed by atoms with van der Waals surface area (Å²) >= 11 is 0. The second-order valence-corrected chi connectivity index (χ2v) is 5.43. The number of hydrogen-bond donors (Lipinski definition) is 3. The lowest BCUT2D eigenvalue weighted by Gasteiger charge is -2.28. The number of phenolic OH excluding ortho intramolecular Hbond substituents is 1. The molecule has 1 aromatic heterocycles. The Balaban J connectivity index is 2.29. The van der Waals surface area contributed by atoms with Gasteiger partial charge in [0.15, 0.2) is 11.5 Å². The highest BCUT2D eigenvalue weighted by Crippen LogP contribution is 2.33. The average Bonchev–Trinajstić information content (AvgIpc) is 2.57. The fourth-order valence-corrected chi connectivity index (χ4v) is 2.75. The van der Waals surface area contributed by atoms with Crippen LogP contribution in [0.4, 0.5) is 10.6 Å². The fourth-order valence-electron chi connectivity index (χ4n) is 2.75. The summed E-state index contributed by atoms with van der Waals surface area (Å²) in [7, 11) is 4.24. The number of phenols is 1. The van der Waals surface area contributed by atoms with E-state index in [1.807, 2.05) is 0 Å². The van der Waals surface area contributed by atoms with Crippen LogP contribution >= 0.6 is 0 Å². The SMILES string of the molecule is COc1cc(C2NC(=O)Nc3c2c(=O)n(C)c(=O)n3C)ccc1O. The number of benzene rings is 1. The quantitative estimate of drug-likeness (QED) is 0.717. The van der Waals surface area contributed by atoms with Crippen LogP contribution < -0.4 is 26.6 Å². The van der Waals surface area contributed by atoms with Crippen LogP contribution in [0.1, 0.15) is 17.2 Å². The van der Waals surface area contributed by atoms with Crippen LogP contribution in [0.15, 0.2) is 27.8 Å². The maximum Gasteiger partial charge on any atom is 0.332 e. The molecular weight excluding hydrogens is 316 g/mol. The maximum absolute atomic E-state index is 12.6. The van der Waals surface area contributed by atoms with Gasteiger partial charge in [0.05, 0.1) is 18.7 Å². The van der Waals surface area contributed by atoms with Crippen LogP contribution in [0, 0.1) is 0 Å². The van der Waals surface area contributed by atoms with Crippen LogP contribution in [0.3, 0.4) is 0 Å². The van der Waals surface area contributed by atoms with Crippen LogP contribution in [0.25, 0.3) is 0 Å². The summed E-state index contributed by atoms with van der Waals surface area (Å²) in [6, 6.07) is 3.19. The largest absolute Gasteiger partial charge is 0.504 e. The number of rotatable bonds is 2. The Morgan fingerprint density at radius 3 is 2.54 bits per heavy atom. The number of carbonyl (C=O) groups excluding carboxylic acids is 1. The third-order valence-corrected chi connectivity index (χ3v) is 4.03. The van der Waals surface area contributed by atoms with E-state index in [0.29, 0.717) is 5.56 Å². The Kier molecular flexibility index (Phi) is 3.55. The van der Waals surface area contributed by atoms with Crippen molar-refractivity contribution >= 4 is 11.8 Å². The van der Waals surface area contributed by atoms with Gasteiger partial charge in [-0.1, -0.05) is 6.07 Å². The Bertz CT molecular complexity index is 960. The molecule has 126 valence electrons. The first-order valence-electron chi connectivity index (χ1n) is 7.09. The number of nitrogens with zero attached hydrogens (tertiary/aromatic N) is 2. The van der Waals surface area contributed by atoms with Gasteiger partial charge in [-0.05, 0) is 17.7 Å². The van der Waals surface area contributed by atoms with E-state index in [4.69, 9.17) is 4.74 Å². The predicted molar refractivity (Wildman–Crippen MR) is 85.6 cm³/mol. The van der Waals surface area contributed by atoms with E-state index in [-0.39, 0.29) is 22.9 Å². The zero-order valence-electron chi connectivity index (χ0n) is 13.3. The van der Waals surface area contributed by atoms with Crippen molar-refractivity contribution in [1.82, 2.24) is 14.5 Å². The van der Waals surface area contributed by atoms with Gasteiger partial charge in [-0.2, -0.15) is 0 Å². The van der Waals surface area contributed by atoms with Crippen molar-refractivity contribution in [3.05, 3.63) is 50.2 Å². The highest BCUT2D eigenvalue weighted by molar-refractivity contribution is 5.92. The minimum absolute atomic E-state index is 0.0601. The molecule has 1 unspecified atom stereocenters. The molecule has 1 aliphatic rings. The zero-order valence-corrected chi connectivity index (χ0v) is 13.3. The zero-order chi connectivity index (χ0) is 17.6. The third kappa shape index (κ3) is 2.21. The second-order valence-electron chi connectivity index (χ2n) is 5.43. The summed E-state index contributed by atoms with van der Waals surface area (Å²) in [5.74, 6) is 0.294. The molecule has 1 atom stereocenters. The molecule has 1 aromatic carbocycles. The van der Waals surface area contributed by atoms with E-state index in [2.05, 4.69) is 10.6 Å². The second kappa shape index (κ2) is 5.44. The predicted octanol–water partition coefficient (Wildman–Crippen LogP) is 0.0227. The third-order valence-electron chi connectivity index (χ3n) is 4.03. The van der Waals surface area contributed by atoms with Crippen molar-refractivity contribution in [1.29, 1.82) is 0 Å². The van der Waals surface area contributed by atoms with Crippen LogP contribution in [0.2, 0.25) is 0 Å². The number of aromatic hydroxyl groups is 1. The van der Waals surface area contributed by atoms with Crippen molar-refractivity contribution in [3.63, 3.8) is 0 Å². The van der Waals surface area contributed by atoms with Gasteiger partial charge in [-0.15, -0.1) is 0 Å². The summed E-state index contributed by atoms with van der Waals surface area (Å²) in [4.78, 5) is 36.6. The molecule has 0 radical (unpaired) electrons. The molecule has 0 saturated heterocycles. The smallest absolute Gasteiger partial charge is 0.332 e. The van der Waals surface area contributed by atoms with Crippen molar-refractivity contribution in [2.75, 3.05) is 12.4 Å². The first-order chi connectivity index (χ1) is 11.3. The van der Waals surface area contributed by atoms with E-state index in [1.165, 1.54) is 37.9 Å². The number of amides is 2. The van der Waals surface area contributed by atoms with Gasteiger partial charge < -0.3 is 15.2 Å². The summed E-state index contributed by atoms with van der Waals surface area (Å²) < 4.78 is 7.25. The Labute approximate surface area is 136 Å². The van der Waals surface area contributed by atoms with Gasteiger partial charge in [-0.25, -0.2) is 9.59 Å². The van der Waals surface area contributed by atoms with Crippen molar-refractivity contribution in [3.8, 4) is 11.5 Å². The molecule has 24 heavy (non-hydrogen) atoms. The van der Waals surface area contributed by atoms with Crippen molar-refractivity contribution in [2.24, 2.45) is 14.1 Å². The highest BCUT2D eigenvalue weighted by atomic mass is 16.5. The van der Waals surface area contributed by atoms with E-state index in [1.54, 1.807) is 6.07 Å². The fraction of sp³-hybridized carbons (Fsp3) is 0.267. The van der Waals surface area contributed by atoms with Crippen molar-refractivity contribution in [2.45, 2.75) is 6.04 Å². The van der Waals surface area contributed by atoms with Gasteiger partial charge in [0.25, 0.3) is 5.56 Å². The number of carbonyl (C=O) groups is 1. The van der Waals surface area contributed by atoms with Gasteiger partial charge in [0.1, 0.15) is 5.82 Å². The molecule has 0 bridgehead atoms. The Hall–Kier alpha value is -3.23. The number of nitrogens with one attached hydrogen (secondary N) is 2. The van der Waals surface area contributed by atoms with Crippen molar-refractivity contribution < 1.29 is 14.6 Å². The molecular formula is C15H16N4O5. The molecule has 2 heterocycles. The Morgan fingerprint density at radius 2 is 1.88 bits per heavy atom. The van der Waals surface area contributed by atoms with Gasteiger partial charge in [0, 0.05) is 14.1 Å². The lowest BCUT2D eigenvalue weighted by atomic mass is 9.98. The topological polar surface area (TPSA) is 115 Å². The molecule has 1 aliphatic heterocycles. The van der Waals surface area contributed by atoms with Gasteiger partial charge in [-0.3, -0.25) is 19.2 Å². The van der Waals surface area contributed by atoms with Crippen LogP contribution in [0.5, 0.6) is 11.5 Å². The summed E-state index contributed by atoms with van der Waals surface area (Å²) in [6.45, 7) is 0. The first-order valence-corrected chi connectivity index (χ1v) is 7.09. The average molecular weight is 332 g/mol. The number of fused-ring (bicyclic) bond motifs is 1. The Morgan fingerprint density at radius 1 is 1.17 bits per heavy atom. The van der Waals surface area contributed by atoms with E-state index >= 15 is 0 Å². The number of methoxy groups -OCH3 is 1. The lowest BCUT2D eigenvalue weighted by Crippen LogP contribution is -2.49. The van der Waals surface area contributed by atoms with Gasteiger partial charge in [0.2, 0.25) is 0 Å². The lowest BCUT2D eigenvalue weighted by molar-refractivity contribution is 0.248. The molecule has 3 rings (SSSR count). The number of ether oxygens (including phenoxy) is 1. The minimum atomic E-state index is -0.784. The molecule has 0 saturated carbocycles. The maximum atomic E-state index is 12.6. The standard InChI is InChI=1S/C15H16N4O5/c1-18-12-10(13(21)19(2)15(18)23)11(16-14(22)17-12)7-4-5-8(20)9(6-7)24-3/h4-6,11,20H,1-3H3,(H2,16,17,22). The number of anilines is 1. The number of urea groups is 1. The summed E-state index contributed by atoms with van der Waals surface area (Å²) in [5, 5.41) is 14.9. The molecule has 9 heteroatoms. The molecule has 2 aromatic rings. The van der Waals surface area contributed by atoms with Crippen LogP contribution in [-0.4, -0.2) is 27.4 Å². The summed E-state index contributed by atoms with van der Waals surface area (Å²) in [6.07, 6.45) is 0. The van der Waals surface area contributed by atoms with E-state index < -0.39 is 23.3 Å². The van der Waals surface area contributed by atoms with Gasteiger partial charge >= 0.3 is 11.7 Å².